The molecule has 0 saturated carbocycles. The number of fused-ring (bicyclic) bond motifs is 1. The number of carbonyl (C=O) groups is 1. The minimum Gasteiger partial charge on any atom is -0.308 e. The van der Waals surface area contributed by atoms with Gasteiger partial charge in [-0.3, -0.25) is 4.79 Å². The Bertz CT molecular complexity index is 695. The maximum Gasteiger partial charge on any atom is 0.416 e. The second kappa shape index (κ2) is 5.48. The highest BCUT2D eigenvalue weighted by atomic mass is 19.4. The Morgan fingerprint density at radius 1 is 1.05 bits per heavy atom. The molecule has 114 valence electrons. The highest BCUT2D eigenvalue weighted by Gasteiger charge is 2.33. The van der Waals surface area contributed by atoms with Gasteiger partial charge in [-0.1, -0.05) is 24.3 Å². The van der Waals surface area contributed by atoms with Crippen LogP contribution in [0, 0.1) is 0 Å². The van der Waals surface area contributed by atoms with E-state index in [4.69, 9.17) is 0 Å². The molecule has 2 nitrogen and oxygen atoms in total. The molecule has 0 aromatic heterocycles. The van der Waals surface area contributed by atoms with E-state index in [0.717, 1.165) is 24.1 Å². The Morgan fingerprint density at radius 2 is 1.77 bits per heavy atom. The van der Waals surface area contributed by atoms with Gasteiger partial charge >= 0.3 is 6.18 Å². The summed E-state index contributed by atoms with van der Waals surface area (Å²) in [4.78, 5) is 14.0. The number of alkyl halides is 3. The zero-order chi connectivity index (χ0) is 15.7. The fraction of sp³-hybridized carbons (Fsp3) is 0.235. The lowest BCUT2D eigenvalue weighted by molar-refractivity contribution is -0.137. The van der Waals surface area contributed by atoms with Gasteiger partial charge in [0, 0.05) is 17.8 Å². The number of anilines is 1. The number of rotatable bonds is 1. The molecule has 3 rings (SSSR count). The van der Waals surface area contributed by atoms with Gasteiger partial charge in [-0.15, -0.1) is 0 Å². The van der Waals surface area contributed by atoms with Gasteiger partial charge in [0.25, 0.3) is 5.91 Å². The van der Waals surface area contributed by atoms with Crippen molar-refractivity contribution in [3.63, 3.8) is 0 Å². The molecule has 5 heteroatoms. The quantitative estimate of drug-likeness (QED) is 0.769. The molecule has 2 aromatic carbocycles. The topological polar surface area (TPSA) is 20.3 Å². The summed E-state index contributed by atoms with van der Waals surface area (Å²) in [5.74, 6) is -0.263. The molecule has 1 aliphatic heterocycles. The third-order valence-corrected chi connectivity index (χ3v) is 3.80. The van der Waals surface area contributed by atoms with Crippen LogP contribution in [-0.4, -0.2) is 12.5 Å². The monoisotopic (exact) mass is 305 g/mol. The molecule has 0 saturated heterocycles. The van der Waals surface area contributed by atoms with Crippen molar-refractivity contribution in [2.45, 2.75) is 19.0 Å². The molecule has 0 aliphatic carbocycles. The van der Waals surface area contributed by atoms with Gasteiger partial charge in [0.05, 0.1) is 5.56 Å². The molecule has 1 amide bonds. The van der Waals surface area contributed by atoms with Crippen molar-refractivity contribution in [3.8, 4) is 0 Å². The summed E-state index contributed by atoms with van der Waals surface area (Å²) in [6.07, 6.45) is -2.98. The van der Waals surface area contributed by atoms with E-state index in [1.807, 2.05) is 0 Å². The summed E-state index contributed by atoms with van der Waals surface area (Å²) in [6, 6.07) is 12.2. The second-order valence-electron chi connectivity index (χ2n) is 5.27. The lowest BCUT2D eigenvalue weighted by atomic mass is 9.98. The lowest BCUT2D eigenvalue weighted by Gasteiger charge is -2.30. The van der Waals surface area contributed by atoms with Gasteiger partial charge in [-0.25, -0.2) is 0 Å². The Labute approximate surface area is 126 Å². The molecular formula is C17H14F3NO. The molecule has 0 unspecified atom stereocenters. The minimum atomic E-state index is -4.41. The molecular weight excluding hydrogens is 291 g/mol. The molecule has 2 aromatic rings. The maximum absolute atomic E-state index is 12.9. The van der Waals surface area contributed by atoms with Crippen LogP contribution in [0.4, 0.5) is 18.9 Å². The van der Waals surface area contributed by atoms with Gasteiger partial charge in [-0.2, -0.15) is 13.2 Å². The third kappa shape index (κ3) is 2.71. The molecule has 0 fully saturated rings. The first kappa shape index (κ1) is 14.6. The van der Waals surface area contributed by atoms with Crippen molar-refractivity contribution >= 4 is 11.6 Å². The number of hydrogen-bond donors (Lipinski definition) is 0. The first-order valence-electron chi connectivity index (χ1n) is 7.04. The van der Waals surface area contributed by atoms with Crippen LogP contribution in [0.25, 0.3) is 0 Å². The van der Waals surface area contributed by atoms with Crippen molar-refractivity contribution in [1.82, 2.24) is 0 Å². The number of halogens is 3. The highest BCUT2D eigenvalue weighted by molar-refractivity contribution is 6.06. The van der Waals surface area contributed by atoms with E-state index < -0.39 is 11.7 Å². The fourth-order valence-corrected chi connectivity index (χ4v) is 2.70. The highest BCUT2D eigenvalue weighted by Crippen LogP contribution is 2.36. The summed E-state index contributed by atoms with van der Waals surface area (Å²) in [6.45, 7) is 0.433. The third-order valence-electron chi connectivity index (χ3n) is 3.80. The van der Waals surface area contributed by atoms with E-state index >= 15 is 0 Å². The van der Waals surface area contributed by atoms with E-state index in [-0.39, 0.29) is 5.91 Å². The van der Waals surface area contributed by atoms with E-state index in [1.165, 1.54) is 11.0 Å². The van der Waals surface area contributed by atoms with E-state index in [9.17, 15) is 18.0 Å². The normalized spacial score (nSPS) is 14.6. The van der Waals surface area contributed by atoms with Crippen LogP contribution in [0.1, 0.15) is 27.9 Å². The largest absolute Gasteiger partial charge is 0.416 e. The Kier molecular flexibility index (Phi) is 3.64. The van der Waals surface area contributed by atoms with Gasteiger partial charge in [0.2, 0.25) is 0 Å². The molecule has 0 N–H and O–H groups in total. The van der Waals surface area contributed by atoms with E-state index in [2.05, 4.69) is 0 Å². The molecule has 22 heavy (non-hydrogen) atoms. The van der Waals surface area contributed by atoms with Crippen molar-refractivity contribution in [3.05, 3.63) is 65.2 Å². The molecule has 0 radical (unpaired) electrons. The lowest BCUT2D eigenvalue weighted by Crippen LogP contribution is -2.35. The molecule has 1 heterocycles. The molecule has 0 bridgehead atoms. The van der Waals surface area contributed by atoms with Crippen LogP contribution in [0.2, 0.25) is 0 Å². The first-order valence-corrected chi connectivity index (χ1v) is 7.04. The number of hydrogen-bond acceptors (Lipinski definition) is 1. The SMILES string of the molecule is O=C(c1ccccc1)N1CCCc2ccc(C(F)(F)F)cc21. The zero-order valence-corrected chi connectivity index (χ0v) is 11.7. The van der Waals surface area contributed by atoms with Gasteiger partial charge in [0.15, 0.2) is 0 Å². The predicted octanol–water partition coefficient (Wildman–Crippen LogP) is 4.30. The van der Waals surface area contributed by atoms with Crippen LogP contribution in [-0.2, 0) is 12.6 Å². The number of amides is 1. The van der Waals surface area contributed by atoms with Crippen LogP contribution in [0.15, 0.2) is 48.5 Å². The average Bonchev–Trinajstić information content (AvgIpc) is 2.53. The summed E-state index contributed by atoms with van der Waals surface area (Å²) in [7, 11) is 0. The Balaban J connectivity index is 2.02. The van der Waals surface area contributed by atoms with Crippen LogP contribution in [0.5, 0.6) is 0 Å². The van der Waals surface area contributed by atoms with E-state index in [0.29, 0.717) is 24.2 Å². The number of aryl methyl sites for hydroxylation is 1. The van der Waals surface area contributed by atoms with Crippen molar-refractivity contribution in [1.29, 1.82) is 0 Å². The number of nitrogens with zero attached hydrogens (tertiary/aromatic N) is 1. The molecule has 0 spiro atoms. The Hall–Kier alpha value is -2.30. The van der Waals surface area contributed by atoms with Crippen LogP contribution in [0.3, 0.4) is 0 Å². The molecule has 0 atom stereocenters. The van der Waals surface area contributed by atoms with E-state index in [1.54, 1.807) is 30.3 Å². The first-order chi connectivity index (χ1) is 10.5. The number of carbonyl (C=O) groups excluding carboxylic acids is 1. The second-order valence-corrected chi connectivity index (χ2v) is 5.27. The van der Waals surface area contributed by atoms with Gasteiger partial charge in [-0.05, 0) is 42.7 Å². The standard InChI is InChI=1S/C17H14F3NO/c18-17(19,20)14-9-8-12-7-4-10-21(15(12)11-14)16(22)13-5-2-1-3-6-13/h1-3,5-6,8-9,11H,4,7,10H2. The number of benzene rings is 2. The minimum absolute atomic E-state index is 0.263. The predicted molar refractivity (Wildman–Crippen MR) is 77.9 cm³/mol. The summed E-state index contributed by atoms with van der Waals surface area (Å²) < 4.78 is 38.7. The summed E-state index contributed by atoms with van der Waals surface area (Å²) in [5.41, 5.74) is 0.908. The summed E-state index contributed by atoms with van der Waals surface area (Å²) in [5, 5.41) is 0. The van der Waals surface area contributed by atoms with Crippen LogP contribution >= 0.6 is 0 Å². The van der Waals surface area contributed by atoms with Crippen molar-refractivity contribution < 1.29 is 18.0 Å². The van der Waals surface area contributed by atoms with Gasteiger partial charge in [0.1, 0.15) is 0 Å². The maximum atomic E-state index is 12.9. The van der Waals surface area contributed by atoms with Crippen LogP contribution < -0.4 is 4.90 Å². The van der Waals surface area contributed by atoms with Gasteiger partial charge < -0.3 is 4.90 Å². The fourth-order valence-electron chi connectivity index (χ4n) is 2.70. The smallest absolute Gasteiger partial charge is 0.308 e. The molecule has 1 aliphatic rings. The van der Waals surface area contributed by atoms with Crippen molar-refractivity contribution in [2.75, 3.05) is 11.4 Å². The summed E-state index contributed by atoms with van der Waals surface area (Å²) >= 11 is 0. The van der Waals surface area contributed by atoms with Crippen molar-refractivity contribution in [2.24, 2.45) is 0 Å². The zero-order valence-electron chi connectivity index (χ0n) is 11.7. The average molecular weight is 305 g/mol. The Morgan fingerprint density at radius 3 is 2.45 bits per heavy atom.